The topological polar surface area (TPSA) is 100 Å². The summed E-state index contributed by atoms with van der Waals surface area (Å²) in [6.45, 7) is 9.99. The molecule has 0 bridgehead atoms. The average molecular weight is 356 g/mol. The molecule has 140 valence electrons. The number of ether oxygens (including phenoxy) is 3. The van der Waals surface area contributed by atoms with E-state index in [0.29, 0.717) is 26.4 Å². The molecule has 4 atom stereocenters. The quantitative estimate of drug-likeness (QED) is 0.454. The number of nitrogens with zero attached hydrogens (tertiary/aromatic N) is 1. The predicted octanol–water partition coefficient (Wildman–Crippen LogP) is 1.41. The van der Waals surface area contributed by atoms with E-state index in [0.717, 1.165) is 0 Å². The fourth-order valence-electron chi connectivity index (χ4n) is 1.13. The fraction of sp³-hybridized carbons (Fsp3) is 0.933. The zero-order chi connectivity index (χ0) is 18.4. The Hall–Kier alpha value is -0.440. The summed E-state index contributed by atoms with van der Waals surface area (Å²) >= 11 is 4.90. The molecule has 1 amide bonds. The van der Waals surface area contributed by atoms with Crippen molar-refractivity contribution in [3.63, 3.8) is 0 Å². The molecule has 0 aromatic rings. The van der Waals surface area contributed by atoms with E-state index < -0.39 is 5.37 Å². The number of carbonyl (C=O) groups is 1. The molecule has 0 fully saturated rings. The molecule has 0 aliphatic carbocycles. The first-order chi connectivity index (χ1) is 10.6. The molecular formula is C15H34ClN3O4. The van der Waals surface area contributed by atoms with Crippen LogP contribution in [0.15, 0.2) is 0 Å². The summed E-state index contributed by atoms with van der Waals surface area (Å²) in [5.41, 5.74) is 11.2. The minimum absolute atomic E-state index is 0.0510. The molecule has 8 heteroatoms. The van der Waals surface area contributed by atoms with Crippen molar-refractivity contribution in [1.82, 2.24) is 4.90 Å². The van der Waals surface area contributed by atoms with Crippen LogP contribution in [0, 0.1) is 0 Å². The lowest BCUT2D eigenvalue weighted by atomic mass is 10.3. The van der Waals surface area contributed by atoms with Gasteiger partial charge in [-0.05, 0) is 39.3 Å². The SMILES string of the molecule is CC(N)COCC(C)OCC(C)OCC(C)N.CN(C)C(=O)Cl. The number of hydrogen-bond acceptors (Lipinski definition) is 6. The Balaban J connectivity index is 0. The smallest absolute Gasteiger partial charge is 0.315 e. The van der Waals surface area contributed by atoms with Crippen molar-refractivity contribution in [2.24, 2.45) is 11.5 Å². The second-order valence-corrected chi connectivity index (χ2v) is 6.25. The number of nitrogens with two attached hydrogens (primary N) is 2. The van der Waals surface area contributed by atoms with E-state index in [-0.39, 0.29) is 24.3 Å². The van der Waals surface area contributed by atoms with Crippen molar-refractivity contribution in [2.75, 3.05) is 40.5 Å². The molecule has 0 saturated heterocycles. The monoisotopic (exact) mass is 355 g/mol. The van der Waals surface area contributed by atoms with Crippen LogP contribution in [0.3, 0.4) is 0 Å². The summed E-state index contributed by atoms with van der Waals surface area (Å²) in [6, 6.07) is 0.125. The lowest BCUT2D eigenvalue weighted by Crippen LogP contribution is -2.29. The number of rotatable bonds is 10. The van der Waals surface area contributed by atoms with Crippen LogP contribution < -0.4 is 11.5 Å². The normalized spacial score (nSPS) is 15.9. The molecule has 0 saturated carbocycles. The van der Waals surface area contributed by atoms with Crippen LogP contribution in [-0.2, 0) is 14.2 Å². The van der Waals surface area contributed by atoms with Crippen LogP contribution in [0.1, 0.15) is 27.7 Å². The van der Waals surface area contributed by atoms with E-state index >= 15 is 0 Å². The Morgan fingerprint density at radius 3 is 1.70 bits per heavy atom. The molecule has 7 nitrogen and oxygen atoms in total. The minimum atomic E-state index is -0.435. The van der Waals surface area contributed by atoms with Crippen molar-refractivity contribution in [2.45, 2.75) is 52.0 Å². The number of hydrogen-bond donors (Lipinski definition) is 2. The van der Waals surface area contributed by atoms with E-state index in [1.54, 1.807) is 14.1 Å². The van der Waals surface area contributed by atoms with Gasteiger partial charge in [0.2, 0.25) is 0 Å². The van der Waals surface area contributed by atoms with Crippen molar-refractivity contribution in [1.29, 1.82) is 0 Å². The van der Waals surface area contributed by atoms with Gasteiger partial charge in [-0.1, -0.05) is 0 Å². The second kappa shape index (κ2) is 15.1. The van der Waals surface area contributed by atoms with Gasteiger partial charge < -0.3 is 30.6 Å². The molecule has 0 spiro atoms. The molecule has 0 aliphatic rings. The van der Waals surface area contributed by atoms with Crippen molar-refractivity contribution in [3.05, 3.63) is 0 Å². The molecular weight excluding hydrogens is 322 g/mol. The van der Waals surface area contributed by atoms with Crippen LogP contribution in [-0.4, -0.2) is 75.1 Å². The van der Waals surface area contributed by atoms with Crippen molar-refractivity contribution in [3.8, 4) is 0 Å². The van der Waals surface area contributed by atoms with Gasteiger partial charge in [0.25, 0.3) is 0 Å². The third-order valence-electron chi connectivity index (χ3n) is 2.34. The van der Waals surface area contributed by atoms with Gasteiger partial charge in [-0.25, -0.2) is 0 Å². The van der Waals surface area contributed by atoms with Crippen LogP contribution >= 0.6 is 11.6 Å². The molecule has 0 aromatic carbocycles. The van der Waals surface area contributed by atoms with Gasteiger partial charge >= 0.3 is 5.37 Å². The third kappa shape index (κ3) is 21.6. The molecule has 4 unspecified atom stereocenters. The first-order valence-electron chi connectivity index (χ1n) is 7.75. The van der Waals surface area contributed by atoms with Crippen LogP contribution in [0.4, 0.5) is 4.79 Å². The average Bonchev–Trinajstić information content (AvgIpc) is 2.43. The van der Waals surface area contributed by atoms with Crippen LogP contribution in [0.25, 0.3) is 0 Å². The maximum atomic E-state index is 9.83. The minimum Gasteiger partial charge on any atom is -0.377 e. The Morgan fingerprint density at radius 1 is 0.913 bits per heavy atom. The van der Waals surface area contributed by atoms with E-state index in [4.69, 9.17) is 37.3 Å². The standard InChI is InChI=1S/C12H28N2O3.C3H6ClNO/c1-9(13)5-15-7-11(3)17-8-12(4)16-6-10(2)14;1-5(2)3(4)6/h9-12H,5-8,13-14H2,1-4H3;1-2H3. The summed E-state index contributed by atoms with van der Waals surface area (Å²) in [4.78, 5) is 11.1. The maximum Gasteiger partial charge on any atom is 0.315 e. The Morgan fingerprint density at radius 2 is 1.30 bits per heavy atom. The van der Waals surface area contributed by atoms with Gasteiger partial charge in [-0.15, -0.1) is 0 Å². The molecule has 23 heavy (non-hydrogen) atoms. The molecule has 0 rings (SSSR count). The van der Waals surface area contributed by atoms with E-state index in [1.165, 1.54) is 4.90 Å². The maximum absolute atomic E-state index is 9.83. The zero-order valence-corrected chi connectivity index (χ0v) is 16.0. The highest BCUT2D eigenvalue weighted by Crippen LogP contribution is 1.98. The lowest BCUT2D eigenvalue weighted by molar-refractivity contribution is -0.0591. The molecule has 0 heterocycles. The highest BCUT2D eigenvalue weighted by atomic mass is 35.5. The highest BCUT2D eigenvalue weighted by molar-refractivity contribution is 6.62. The third-order valence-corrected chi connectivity index (χ3v) is 2.68. The summed E-state index contributed by atoms with van der Waals surface area (Å²) in [5, 5.41) is -0.435. The number of carbonyl (C=O) groups excluding carboxylic acids is 1. The highest BCUT2D eigenvalue weighted by Gasteiger charge is 2.08. The Labute approximate surface area is 145 Å². The van der Waals surface area contributed by atoms with Gasteiger partial charge in [-0.3, -0.25) is 4.79 Å². The van der Waals surface area contributed by atoms with Crippen molar-refractivity contribution < 1.29 is 19.0 Å². The molecule has 0 radical (unpaired) electrons. The summed E-state index contributed by atoms with van der Waals surface area (Å²) in [6.07, 6.45) is 0.104. The van der Waals surface area contributed by atoms with Crippen LogP contribution in [0.5, 0.6) is 0 Å². The first-order valence-corrected chi connectivity index (χ1v) is 8.12. The van der Waals surface area contributed by atoms with Gasteiger partial charge in [-0.2, -0.15) is 0 Å². The van der Waals surface area contributed by atoms with Crippen LogP contribution in [0.2, 0.25) is 0 Å². The van der Waals surface area contributed by atoms with Crippen molar-refractivity contribution >= 4 is 17.0 Å². The summed E-state index contributed by atoms with van der Waals surface area (Å²) in [7, 11) is 3.19. The zero-order valence-electron chi connectivity index (χ0n) is 15.3. The Kier molecular flexibility index (Phi) is 16.3. The van der Waals surface area contributed by atoms with Gasteiger partial charge in [0.1, 0.15) is 0 Å². The fourth-order valence-corrected chi connectivity index (χ4v) is 1.13. The van der Waals surface area contributed by atoms with E-state index in [9.17, 15) is 4.79 Å². The molecule has 0 aromatic heterocycles. The first kappa shape index (κ1) is 24.8. The molecule has 0 aliphatic heterocycles. The Bertz CT molecular complexity index is 292. The lowest BCUT2D eigenvalue weighted by Gasteiger charge is -2.19. The number of halogens is 1. The van der Waals surface area contributed by atoms with Gasteiger partial charge in [0, 0.05) is 26.2 Å². The van der Waals surface area contributed by atoms with Gasteiger partial charge in [0.15, 0.2) is 0 Å². The summed E-state index contributed by atoms with van der Waals surface area (Å²) in [5.74, 6) is 0. The molecule has 4 N–H and O–H groups in total. The predicted molar refractivity (Wildman–Crippen MR) is 93.9 cm³/mol. The van der Waals surface area contributed by atoms with E-state index in [2.05, 4.69) is 0 Å². The van der Waals surface area contributed by atoms with E-state index in [1.807, 2.05) is 27.7 Å². The number of amides is 1. The largest absolute Gasteiger partial charge is 0.377 e. The summed E-state index contributed by atoms with van der Waals surface area (Å²) < 4.78 is 16.4. The van der Waals surface area contributed by atoms with Gasteiger partial charge in [0.05, 0.1) is 38.6 Å². The second-order valence-electron chi connectivity index (χ2n) is 5.93.